The van der Waals surface area contributed by atoms with Crippen LogP contribution in [0.5, 0.6) is 0 Å². The standard InChI is InChI=1S/C11H18N2O3/c1-2-11(8-16-9-11)10(14)13-5-7-15-6-3-4-12/h2-3,5-9H2,1H3,(H,13,14). The lowest BCUT2D eigenvalue weighted by Gasteiger charge is -2.38. The molecule has 1 fully saturated rings. The van der Waals surface area contributed by atoms with Crippen molar-refractivity contribution in [2.45, 2.75) is 19.8 Å². The summed E-state index contributed by atoms with van der Waals surface area (Å²) >= 11 is 0. The van der Waals surface area contributed by atoms with Crippen molar-refractivity contribution >= 4 is 5.91 Å². The highest BCUT2D eigenvalue weighted by molar-refractivity contribution is 5.83. The Morgan fingerprint density at radius 3 is 2.81 bits per heavy atom. The number of nitrogens with one attached hydrogen (secondary N) is 1. The molecule has 0 aromatic carbocycles. The summed E-state index contributed by atoms with van der Waals surface area (Å²) in [6.45, 7) is 4.40. The normalized spacial score (nSPS) is 17.2. The zero-order valence-corrected chi connectivity index (χ0v) is 9.62. The molecule has 0 atom stereocenters. The highest BCUT2D eigenvalue weighted by Crippen LogP contribution is 2.31. The van der Waals surface area contributed by atoms with Crippen LogP contribution >= 0.6 is 0 Å². The first-order valence-corrected chi connectivity index (χ1v) is 5.56. The van der Waals surface area contributed by atoms with Crippen molar-refractivity contribution in [3.05, 3.63) is 0 Å². The van der Waals surface area contributed by atoms with Crippen LogP contribution in [0.15, 0.2) is 0 Å². The monoisotopic (exact) mass is 226 g/mol. The van der Waals surface area contributed by atoms with E-state index in [1.165, 1.54) is 0 Å². The number of nitrogens with zero attached hydrogens (tertiary/aromatic N) is 1. The number of rotatable bonds is 7. The summed E-state index contributed by atoms with van der Waals surface area (Å²) in [7, 11) is 0. The maximum Gasteiger partial charge on any atom is 0.230 e. The molecule has 0 aromatic rings. The van der Waals surface area contributed by atoms with Crippen LogP contribution in [0.25, 0.3) is 0 Å². The Balaban J connectivity index is 2.09. The van der Waals surface area contributed by atoms with E-state index in [0.717, 1.165) is 6.42 Å². The van der Waals surface area contributed by atoms with Crippen LogP contribution < -0.4 is 5.32 Å². The fourth-order valence-electron chi connectivity index (χ4n) is 1.49. The molecular weight excluding hydrogens is 208 g/mol. The fourth-order valence-corrected chi connectivity index (χ4v) is 1.49. The predicted octanol–water partition coefficient (Wildman–Crippen LogP) is 0.459. The average Bonchev–Trinajstić information content (AvgIpc) is 2.22. The predicted molar refractivity (Wildman–Crippen MR) is 57.6 cm³/mol. The van der Waals surface area contributed by atoms with Crippen LogP contribution in [0.1, 0.15) is 19.8 Å². The van der Waals surface area contributed by atoms with Crippen LogP contribution in [-0.2, 0) is 14.3 Å². The number of ether oxygens (including phenoxy) is 2. The summed E-state index contributed by atoms with van der Waals surface area (Å²) < 4.78 is 10.2. The zero-order valence-electron chi connectivity index (χ0n) is 9.62. The molecule has 90 valence electrons. The van der Waals surface area contributed by atoms with Crippen molar-refractivity contribution in [2.75, 3.05) is 33.0 Å². The smallest absolute Gasteiger partial charge is 0.230 e. The van der Waals surface area contributed by atoms with Crippen LogP contribution in [0.2, 0.25) is 0 Å². The molecule has 1 saturated heterocycles. The molecule has 0 saturated carbocycles. The Morgan fingerprint density at radius 1 is 1.56 bits per heavy atom. The summed E-state index contributed by atoms with van der Waals surface area (Å²) in [5.41, 5.74) is -0.313. The minimum Gasteiger partial charge on any atom is -0.379 e. The number of amides is 1. The number of hydrogen-bond acceptors (Lipinski definition) is 4. The lowest BCUT2D eigenvalue weighted by molar-refractivity contribution is -0.162. The summed E-state index contributed by atoms with van der Waals surface area (Å²) in [6, 6.07) is 1.99. The summed E-state index contributed by atoms with van der Waals surface area (Å²) in [4.78, 5) is 11.8. The molecule has 0 radical (unpaired) electrons. The van der Waals surface area contributed by atoms with Gasteiger partial charge in [0.15, 0.2) is 0 Å². The van der Waals surface area contributed by atoms with Crippen molar-refractivity contribution in [1.29, 1.82) is 5.26 Å². The molecule has 5 heteroatoms. The fraction of sp³-hybridized carbons (Fsp3) is 0.818. The Morgan fingerprint density at radius 2 is 2.31 bits per heavy atom. The second kappa shape index (κ2) is 6.46. The van der Waals surface area contributed by atoms with E-state index < -0.39 is 0 Å². The third-order valence-electron chi connectivity index (χ3n) is 2.81. The molecule has 0 spiro atoms. The van der Waals surface area contributed by atoms with Crippen LogP contribution in [0.4, 0.5) is 0 Å². The van der Waals surface area contributed by atoms with E-state index in [4.69, 9.17) is 14.7 Å². The third-order valence-corrected chi connectivity index (χ3v) is 2.81. The van der Waals surface area contributed by atoms with Gasteiger partial charge in [0.05, 0.1) is 44.3 Å². The van der Waals surface area contributed by atoms with Gasteiger partial charge in [0, 0.05) is 6.54 Å². The van der Waals surface area contributed by atoms with E-state index in [0.29, 0.717) is 39.4 Å². The number of carbonyl (C=O) groups excluding carboxylic acids is 1. The number of nitriles is 1. The van der Waals surface area contributed by atoms with Crippen molar-refractivity contribution in [2.24, 2.45) is 5.41 Å². The molecular formula is C11H18N2O3. The first-order chi connectivity index (χ1) is 7.75. The molecule has 5 nitrogen and oxygen atoms in total. The quantitative estimate of drug-likeness (QED) is 0.640. The first kappa shape index (κ1) is 12.9. The summed E-state index contributed by atoms with van der Waals surface area (Å²) in [5, 5.41) is 11.1. The minimum absolute atomic E-state index is 0.0464. The molecule has 1 aliphatic rings. The number of hydrogen-bond donors (Lipinski definition) is 1. The zero-order chi connectivity index (χ0) is 11.9. The lowest BCUT2D eigenvalue weighted by Crippen LogP contribution is -2.54. The van der Waals surface area contributed by atoms with Crippen molar-refractivity contribution in [1.82, 2.24) is 5.32 Å². The second-order valence-electron chi connectivity index (χ2n) is 3.90. The van der Waals surface area contributed by atoms with Crippen LogP contribution in [-0.4, -0.2) is 38.9 Å². The molecule has 1 rings (SSSR count). The highest BCUT2D eigenvalue weighted by atomic mass is 16.5. The average molecular weight is 226 g/mol. The van der Waals surface area contributed by atoms with E-state index in [-0.39, 0.29) is 11.3 Å². The summed E-state index contributed by atoms with van der Waals surface area (Å²) in [5.74, 6) is 0.0464. The maximum absolute atomic E-state index is 11.8. The van der Waals surface area contributed by atoms with Gasteiger partial charge in [0.25, 0.3) is 0 Å². The van der Waals surface area contributed by atoms with Gasteiger partial charge in [-0.2, -0.15) is 5.26 Å². The topological polar surface area (TPSA) is 71.3 Å². The van der Waals surface area contributed by atoms with Crippen molar-refractivity contribution in [3.63, 3.8) is 0 Å². The van der Waals surface area contributed by atoms with E-state index in [2.05, 4.69) is 5.32 Å². The Kier molecular flexibility index (Phi) is 5.23. The third kappa shape index (κ3) is 3.19. The Bertz CT molecular complexity index is 263. The minimum atomic E-state index is -0.313. The molecule has 0 aliphatic carbocycles. The SMILES string of the molecule is CCC1(C(=O)NCCOCCC#N)COC1. The van der Waals surface area contributed by atoms with E-state index in [1.807, 2.05) is 13.0 Å². The molecule has 0 aromatic heterocycles. The van der Waals surface area contributed by atoms with Crippen LogP contribution in [0, 0.1) is 16.7 Å². The summed E-state index contributed by atoms with van der Waals surface area (Å²) in [6.07, 6.45) is 1.19. The molecule has 0 bridgehead atoms. The van der Waals surface area contributed by atoms with Gasteiger partial charge in [-0.25, -0.2) is 0 Å². The van der Waals surface area contributed by atoms with Crippen molar-refractivity contribution < 1.29 is 14.3 Å². The molecule has 0 unspecified atom stereocenters. The van der Waals surface area contributed by atoms with Gasteiger partial charge in [-0.3, -0.25) is 4.79 Å². The Labute approximate surface area is 95.7 Å². The van der Waals surface area contributed by atoms with Gasteiger partial charge < -0.3 is 14.8 Å². The van der Waals surface area contributed by atoms with E-state index in [1.54, 1.807) is 0 Å². The van der Waals surface area contributed by atoms with Crippen molar-refractivity contribution in [3.8, 4) is 6.07 Å². The molecule has 16 heavy (non-hydrogen) atoms. The van der Waals surface area contributed by atoms with Gasteiger partial charge in [-0.1, -0.05) is 6.92 Å². The first-order valence-electron chi connectivity index (χ1n) is 5.56. The highest BCUT2D eigenvalue weighted by Gasteiger charge is 2.43. The van der Waals surface area contributed by atoms with E-state index in [9.17, 15) is 4.79 Å². The van der Waals surface area contributed by atoms with Gasteiger partial charge in [0.2, 0.25) is 5.91 Å². The second-order valence-corrected chi connectivity index (χ2v) is 3.90. The van der Waals surface area contributed by atoms with E-state index >= 15 is 0 Å². The lowest BCUT2D eigenvalue weighted by atomic mass is 9.82. The van der Waals surface area contributed by atoms with Crippen LogP contribution in [0.3, 0.4) is 0 Å². The van der Waals surface area contributed by atoms with Gasteiger partial charge in [-0.05, 0) is 6.42 Å². The molecule has 1 aliphatic heterocycles. The largest absolute Gasteiger partial charge is 0.379 e. The molecule has 1 heterocycles. The van der Waals surface area contributed by atoms with Gasteiger partial charge in [0.1, 0.15) is 0 Å². The maximum atomic E-state index is 11.8. The van der Waals surface area contributed by atoms with Gasteiger partial charge in [-0.15, -0.1) is 0 Å². The van der Waals surface area contributed by atoms with Gasteiger partial charge >= 0.3 is 0 Å². The molecule has 1 N–H and O–H groups in total. The molecule has 1 amide bonds. The Hall–Kier alpha value is -1.12. The number of carbonyl (C=O) groups is 1.